The molecule has 0 bridgehead atoms. The Kier molecular flexibility index (Phi) is 11.5. The summed E-state index contributed by atoms with van der Waals surface area (Å²) in [6.45, 7) is 4.93. The number of halogens is 1. The predicted octanol–water partition coefficient (Wildman–Crippen LogP) is -1.19. The van der Waals surface area contributed by atoms with Gasteiger partial charge in [-0.3, -0.25) is 28.8 Å². The molecule has 3 rings (SSSR count). The predicted molar refractivity (Wildman–Crippen MR) is 162 cm³/mol. The summed E-state index contributed by atoms with van der Waals surface area (Å²) in [5, 5.41) is 8.48. The molecule has 2 aliphatic heterocycles. The van der Waals surface area contributed by atoms with Gasteiger partial charge in [-0.1, -0.05) is 27.7 Å². The highest BCUT2D eigenvalue weighted by Crippen LogP contribution is 2.36. The second-order valence-electron chi connectivity index (χ2n) is 9.87. The molecule has 4 N–H and O–H groups in total. The minimum Gasteiger partial charge on any atom is -0.541 e. The van der Waals surface area contributed by atoms with Gasteiger partial charge in [-0.15, -0.1) is 11.3 Å². The Morgan fingerprint density at radius 1 is 1.27 bits per heavy atom. The molecule has 0 spiro atoms. The third-order valence-electron chi connectivity index (χ3n) is 5.56. The van der Waals surface area contributed by atoms with Gasteiger partial charge in [0, 0.05) is 9.81 Å². The van der Waals surface area contributed by atoms with Crippen molar-refractivity contribution < 1.29 is 51.9 Å². The van der Waals surface area contributed by atoms with Crippen molar-refractivity contribution in [3.8, 4) is 0 Å². The summed E-state index contributed by atoms with van der Waals surface area (Å²) < 4.78 is 26.8. The van der Waals surface area contributed by atoms with Crippen molar-refractivity contribution in [3.05, 3.63) is 22.3 Å². The molecule has 3 heterocycles. The minimum absolute atomic E-state index is 0.0366. The Bertz CT molecular complexity index is 1460. The molecule has 4 radical (unpaired) electrons. The highest BCUT2D eigenvalue weighted by Gasteiger charge is 2.57. The molecule has 0 saturated carbocycles. The summed E-state index contributed by atoms with van der Waals surface area (Å²) in [5.74, 6) is -5.28. The molecule has 0 aliphatic carbocycles. The zero-order chi connectivity index (χ0) is 32.9. The fourth-order valence-electron chi connectivity index (χ4n) is 3.78. The molecule has 232 valence electrons. The fourth-order valence-corrected chi connectivity index (χ4v) is 7.15. The van der Waals surface area contributed by atoms with E-state index in [0.29, 0.717) is 5.57 Å². The molecule has 1 aromatic rings. The number of alkyl halides is 1. The van der Waals surface area contributed by atoms with E-state index >= 15 is 0 Å². The Morgan fingerprint density at radius 3 is 2.52 bits per heavy atom. The highest BCUT2D eigenvalue weighted by molar-refractivity contribution is 14.1. The molecule has 2 aliphatic rings. The SMILES string of the molecule is [B]OC(=O)C1=C(CI)CS(=O)[C@@H]2[C@H](NC(=O)/C(=N\O[C@@H](CC(N)=O)C(=O)O[B])c3csc(NC(=O)OC(C)(C)C)n3)C(=O)N12. The number of primary amides is 1. The van der Waals surface area contributed by atoms with Crippen LogP contribution in [0.15, 0.2) is 21.8 Å². The van der Waals surface area contributed by atoms with Crippen molar-refractivity contribution in [2.45, 2.75) is 50.3 Å². The number of thiazole rings is 1. The van der Waals surface area contributed by atoms with E-state index in [1.165, 1.54) is 5.38 Å². The maximum absolute atomic E-state index is 13.5. The number of hydrogen-bond acceptors (Lipinski definition) is 14. The number of nitrogens with zero attached hydrogens (tertiary/aromatic N) is 3. The van der Waals surface area contributed by atoms with Crippen molar-refractivity contribution in [2.75, 3.05) is 15.5 Å². The lowest BCUT2D eigenvalue weighted by Crippen LogP contribution is -2.74. The topological polar surface area (TPSA) is 235 Å². The number of β-lactam (4-membered cyclic amide) rings is 1. The number of carbonyl (C=O) groups is 6. The lowest BCUT2D eigenvalue weighted by atomic mass is 10.0. The summed E-state index contributed by atoms with van der Waals surface area (Å²) >= 11 is 2.78. The summed E-state index contributed by atoms with van der Waals surface area (Å²) in [5.41, 5.74) is 3.63. The van der Waals surface area contributed by atoms with Gasteiger partial charge in [0.15, 0.2) is 10.8 Å². The number of aromatic nitrogens is 1. The monoisotopic (exact) mass is 760 g/mol. The van der Waals surface area contributed by atoms with E-state index in [-0.39, 0.29) is 26.7 Å². The summed E-state index contributed by atoms with van der Waals surface area (Å²) in [7, 11) is 8.15. The van der Waals surface area contributed by atoms with E-state index in [0.717, 1.165) is 16.2 Å². The lowest BCUT2D eigenvalue weighted by Gasteiger charge is -2.49. The first-order valence-corrected chi connectivity index (χ1v) is 16.0. The van der Waals surface area contributed by atoms with Crippen molar-refractivity contribution in [3.63, 3.8) is 0 Å². The van der Waals surface area contributed by atoms with E-state index < -0.39 is 81.8 Å². The van der Waals surface area contributed by atoms with E-state index in [1.54, 1.807) is 20.8 Å². The van der Waals surface area contributed by atoms with Crippen LogP contribution in [0.4, 0.5) is 9.93 Å². The van der Waals surface area contributed by atoms with Crippen molar-refractivity contribution in [1.82, 2.24) is 15.2 Å². The van der Waals surface area contributed by atoms with Crippen LogP contribution in [0.2, 0.25) is 0 Å². The largest absolute Gasteiger partial charge is 0.541 e. The first-order valence-electron chi connectivity index (χ1n) is 12.2. The first-order chi connectivity index (χ1) is 20.6. The van der Waals surface area contributed by atoms with E-state index in [1.807, 2.05) is 22.6 Å². The zero-order valence-electron chi connectivity index (χ0n) is 23.2. The van der Waals surface area contributed by atoms with Crippen molar-refractivity contribution >= 4 is 107 Å². The number of ether oxygens (including phenoxy) is 1. The average molecular weight is 760 g/mol. The van der Waals surface area contributed by atoms with Crippen molar-refractivity contribution in [1.29, 1.82) is 0 Å². The van der Waals surface area contributed by atoms with Crippen LogP contribution in [0, 0.1) is 0 Å². The molecule has 1 aromatic heterocycles. The lowest BCUT2D eigenvalue weighted by molar-refractivity contribution is -0.150. The van der Waals surface area contributed by atoms with Crippen LogP contribution >= 0.6 is 33.9 Å². The Morgan fingerprint density at radius 2 is 1.95 bits per heavy atom. The van der Waals surface area contributed by atoms with Crippen LogP contribution in [0.3, 0.4) is 0 Å². The van der Waals surface area contributed by atoms with Crippen molar-refractivity contribution in [2.24, 2.45) is 10.9 Å². The quantitative estimate of drug-likeness (QED) is 0.0604. The minimum atomic E-state index is -1.77. The number of fused-ring (bicyclic) bond motifs is 1. The third kappa shape index (κ3) is 8.14. The molecule has 1 saturated heterocycles. The van der Waals surface area contributed by atoms with Crippen LogP contribution in [0.1, 0.15) is 32.9 Å². The normalized spacial score (nSPS) is 20.5. The second-order valence-corrected chi connectivity index (χ2v) is 13.0. The van der Waals surface area contributed by atoms with Crippen LogP contribution in [0.5, 0.6) is 0 Å². The van der Waals surface area contributed by atoms with Crippen LogP contribution in [-0.2, 0) is 53.7 Å². The Balaban J connectivity index is 1.92. The van der Waals surface area contributed by atoms with Gasteiger partial charge in [-0.2, -0.15) is 0 Å². The third-order valence-corrected chi connectivity index (χ3v) is 8.89. The number of oxime groups is 1. The molecule has 0 aromatic carbocycles. The highest BCUT2D eigenvalue weighted by atomic mass is 127. The average Bonchev–Trinajstić information content (AvgIpc) is 3.40. The zero-order valence-corrected chi connectivity index (χ0v) is 27.0. The van der Waals surface area contributed by atoms with E-state index in [4.69, 9.17) is 31.4 Å². The van der Waals surface area contributed by atoms with E-state index in [2.05, 4.69) is 30.1 Å². The Hall–Kier alpha value is -3.53. The van der Waals surface area contributed by atoms with Gasteiger partial charge in [-0.25, -0.2) is 19.4 Å². The molecule has 22 heteroatoms. The number of nitrogens with two attached hydrogens (primary N) is 1. The number of hydrogen-bond donors (Lipinski definition) is 3. The molecule has 4 atom stereocenters. The smallest absolute Gasteiger partial charge is 0.413 e. The van der Waals surface area contributed by atoms with Crippen LogP contribution in [-0.4, -0.2) is 105 Å². The summed E-state index contributed by atoms with van der Waals surface area (Å²) in [6, 6.07) is -1.40. The van der Waals surface area contributed by atoms with Crippen LogP contribution < -0.4 is 16.4 Å². The van der Waals surface area contributed by atoms with Gasteiger partial charge in [0.05, 0.1) is 23.0 Å². The number of amides is 4. The molecule has 44 heavy (non-hydrogen) atoms. The molecule has 4 amide bonds. The van der Waals surface area contributed by atoms with Gasteiger partial charge in [-0.05, 0) is 26.3 Å². The Labute approximate surface area is 272 Å². The number of rotatable bonds is 11. The molecular weight excluding hydrogens is 737 g/mol. The second kappa shape index (κ2) is 14.5. The van der Waals surface area contributed by atoms with Gasteiger partial charge in [0.1, 0.15) is 28.4 Å². The van der Waals surface area contributed by atoms with Gasteiger partial charge in [0.25, 0.3) is 11.8 Å². The molecule has 1 fully saturated rings. The van der Waals surface area contributed by atoms with Crippen LogP contribution in [0.25, 0.3) is 0 Å². The summed E-state index contributed by atoms with van der Waals surface area (Å²) in [6.07, 6.45) is -3.36. The number of carbonyl (C=O) groups excluding carboxylic acids is 6. The maximum Gasteiger partial charge on any atom is 0.413 e. The fraction of sp³-hybridized carbons (Fsp3) is 0.455. The summed E-state index contributed by atoms with van der Waals surface area (Å²) in [4.78, 5) is 84.5. The maximum atomic E-state index is 13.5. The van der Waals surface area contributed by atoms with Gasteiger partial charge < -0.3 is 29.9 Å². The molecular formula is C22H23B2IN6O11S2. The van der Waals surface area contributed by atoms with Gasteiger partial charge >= 0.3 is 34.1 Å². The number of nitrogens with one attached hydrogen (secondary N) is 2. The van der Waals surface area contributed by atoms with Gasteiger partial charge in [0.2, 0.25) is 12.0 Å². The number of anilines is 1. The standard InChI is InChI=1S/C22H23B2IN6O11S2/c1-22(2,3)39-21(37)29-20-27-9(6-43-20)12(30-42-10(4-11(26)32)18(35)40-23)15(33)28-13-16(34)31-14(19(36)41-24)8(5-25)7-44(38)17(13)31/h6,10,13,17H,4-5,7H2,1-3H3,(H2,26,32)(H,28,33)(H,27,29,37)/b30-12-/t10-,13+,17+,44?/m0/s1. The van der Waals surface area contributed by atoms with E-state index in [9.17, 15) is 33.0 Å². The molecule has 1 unspecified atom stereocenters. The first kappa shape index (κ1) is 35.0. The molecule has 17 nitrogen and oxygen atoms in total.